The summed E-state index contributed by atoms with van der Waals surface area (Å²) < 4.78 is 43.7. The zero-order chi connectivity index (χ0) is 20.1. The molecule has 3 aromatic rings. The topological polar surface area (TPSA) is 68.3 Å². The maximum Gasteiger partial charge on any atom is 0.418 e. The lowest BCUT2D eigenvalue weighted by Crippen LogP contribution is -2.23. The maximum atomic E-state index is 12.9. The van der Waals surface area contributed by atoms with Crippen LogP contribution in [0.15, 0.2) is 60.8 Å². The summed E-state index contributed by atoms with van der Waals surface area (Å²) in [6.07, 6.45) is -3.12. The van der Waals surface area contributed by atoms with E-state index in [9.17, 15) is 22.8 Å². The Balaban J connectivity index is 1.60. The zero-order valence-corrected chi connectivity index (χ0v) is 14.5. The van der Waals surface area contributed by atoms with Crippen LogP contribution in [0.3, 0.4) is 0 Å². The summed E-state index contributed by atoms with van der Waals surface area (Å²) in [5.41, 5.74) is -0.0951. The molecular formula is C20H15F3N2O3. The molecule has 1 N–H and O–H groups in total. The Bertz CT molecular complexity index is 1010. The molecule has 28 heavy (non-hydrogen) atoms. The molecule has 0 unspecified atom stereocenters. The number of pyridine rings is 1. The smallest absolute Gasteiger partial charge is 0.418 e. The first-order valence-electron chi connectivity index (χ1n) is 8.29. The fraction of sp³-hybridized carbons (Fsp3) is 0.150. The van der Waals surface area contributed by atoms with E-state index in [1.54, 1.807) is 24.4 Å². The van der Waals surface area contributed by atoms with Crippen LogP contribution >= 0.6 is 0 Å². The first-order chi connectivity index (χ1) is 13.3. The number of aromatic nitrogens is 1. The van der Waals surface area contributed by atoms with Crippen LogP contribution in [0.2, 0.25) is 0 Å². The van der Waals surface area contributed by atoms with Crippen molar-refractivity contribution in [2.45, 2.75) is 12.6 Å². The monoisotopic (exact) mass is 388 g/mol. The number of anilines is 1. The highest BCUT2D eigenvalue weighted by molar-refractivity contribution is 5.94. The van der Waals surface area contributed by atoms with Gasteiger partial charge in [-0.05, 0) is 23.8 Å². The standard InChI is InChI=1S/C20H15F3N2O3/c21-20(22,23)15-8-1-2-9-16(15)25-17(26)12-28-18(27)11-14-6-3-5-13-7-4-10-24-19(13)14/h1-10H,11-12H2,(H,25,26). The largest absolute Gasteiger partial charge is 0.455 e. The highest BCUT2D eigenvalue weighted by Gasteiger charge is 2.33. The molecule has 0 atom stereocenters. The third-order valence-electron chi connectivity index (χ3n) is 3.92. The van der Waals surface area contributed by atoms with Gasteiger partial charge in [0.2, 0.25) is 0 Å². The van der Waals surface area contributed by atoms with E-state index in [-0.39, 0.29) is 6.42 Å². The van der Waals surface area contributed by atoms with Crippen LogP contribution in [0.5, 0.6) is 0 Å². The summed E-state index contributed by atoms with van der Waals surface area (Å²) in [5, 5.41) is 2.97. The summed E-state index contributed by atoms with van der Waals surface area (Å²) in [6, 6.07) is 13.5. The van der Waals surface area contributed by atoms with Gasteiger partial charge in [0.15, 0.2) is 6.61 Å². The highest BCUT2D eigenvalue weighted by atomic mass is 19.4. The van der Waals surface area contributed by atoms with E-state index in [1.807, 2.05) is 12.1 Å². The van der Waals surface area contributed by atoms with Crippen molar-refractivity contribution in [2.75, 3.05) is 11.9 Å². The Morgan fingerprint density at radius 1 is 1.00 bits per heavy atom. The summed E-state index contributed by atoms with van der Waals surface area (Å²) in [6.45, 7) is -0.691. The molecule has 0 bridgehead atoms. The molecule has 0 aliphatic carbocycles. The van der Waals surface area contributed by atoms with Crippen molar-refractivity contribution in [3.8, 4) is 0 Å². The Morgan fingerprint density at radius 3 is 2.54 bits per heavy atom. The molecule has 0 aliphatic heterocycles. The van der Waals surface area contributed by atoms with Crippen LogP contribution in [-0.2, 0) is 26.9 Å². The zero-order valence-electron chi connectivity index (χ0n) is 14.5. The summed E-state index contributed by atoms with van der Waals surface area (Å²) in [7, 11) is 0. The van der Waals surface area contributed by atoms with Crippen LogP contribution in [0, 0.1) is 0 Å². The number of halogens is 3. The number of alkyl halides is 3. The molecule has 144 valence electrons. The number of amides is 1. The molecule has 0 radical (unpaired) electrons. The molecule has 1 heterocycles. The molecule has 0 saturated carbocycles. The van der Waals surface area contributed by atoms with E-state index in [4.69, 9.17) is 4.74 Å². The van der Waals surface area contributed by atoms with Gasteiger partial charge in [-0.15, -0.1) is 0 Å². The fourth-order valence-corrected chi connectivity index (χ4v) is 2.69. The number of nitrogens with zero attached hydrogens (tertiary/aromatic N) is 1. The van der Waals surface area contributed by atoms with Crippen LogP contribution in [0.4, 0.5) is 18.9 Å². The van der Waals surface area contributed by atoms with Gasteiger partial charge in [-0.2, -0.15) is 13.2 Å². The number of rotatable bonds is 5. The average Bonchev–Trinajstić information content (AvgIpc) is 2.66. The number of benzene rings is 2. The highest BCUT2D eigenvalue weighted by Crippen LogP contribution is 2.34. The molecule has 0 fully saturated rings. The number of carbonyl (C=O) groups excluding carboxylic acids is 2. The van der Waals surface area contributed by atoms with Crippen molar-refractivity contribution >= 4 is 28.5 Å². The van der Waals surface area contributed by atoms with Crippen molar-refractivity contribution in [1.29, 1.82) is 0 Å². The Hall–Kier alpha value is -3.42. The van der Waals surface area contributed by atoms with Gasteiger partial charge in [0.05, 0.1) is 23.2 Å². The molecule has 0 spiro atoms. The van der Waals surface area contributed by atoms with Gasteiger partial charge in [-0.1, -0.05) is 36.4 Å². The third-order valence-corrected chi connectivity index (χ3v) is 3.92. The van der Waals surface area contributed by atoms with E-state index < -0.39 is 35.9 Å². The summed E-state index contributed by atoms with van der Waals surface area (Å²) in [5.74, 6) is -1.54. The Labute approximate surface area is 158 Å². The molecule has 2 aromatic carbocycles. The van der Waals surface area contributed by atoms with E-state index in [1.165, 1.54) is 12.1 Å². The molecule has 0 aliphatic rings. The van der Waals surface area contributed by atoms with Crippen molar-refractivity contribution in [1.82, 2.24) is 4.98 Å². The van der Waals surface area contributed by atoms with Gasteiger partial charge in [0, 0.05) is 11.6 Å². The van der Waals surface area contributed by atoms with Gasteiger partial charge in [-0.25, -0.2) is 0 Å². The number of ether oxygens (including phenoxy) is 1. The van der Waals surface area contributed by atoms with Crippen LogP contribution in [0.1, 0.15) is 11.1 Å². The number of fused-ring (bicyclic) bond motifs is 1. The summed E-state index contributed by atoms with van der Waals surface area (Å²) >= 11 is 0. The SMILES string of the molecule is O=C(COC(=O)Cc1cccc2cccnc12)Nc1ccccc1C(F)(F)F. The van der Waals surface area contributed by atoms with Gasteiger partial charge in [0.25, 0.3) is 5.91 Å². The van der Waals surface area contributed by atoms with Gasteiger partial charge in [0.1, 0.15) is 0 Å². The second kappa shape index (κ2) is 8.08. The van der Waals surface area contributed by atoms with Gasteiger partial charge >= 0.3 is 12.1 Å². The predicted octanol–water partition coefficient (Wildman–Crippen LogP) is 3.98. The quantitative estimate of drug-likeness (QED) is 0.672. The number of esters is 1. The molecule has 5 nitrogen and oxygen atoms in total. The van der Waals surface area contributed by atoms with Crippen molar-refractivity contribution in [3.63, 3.8) is 0 Å². The van der Waals surface area contributed by atoms with Crippen LogP contribution < -0.4 is 5.32 Å². The number of hydrogen-bond acceptors (Lipinski definition) is 4. The van der Waals surface area contributed by atoms with Crippen molar-refractivity contribution in [2.24, 2.45) is 0 Å². The second-order valence-electron chi connectivity index (χ2n) is 5.92. The van der Waals surface area contributed by atoms with Crippen LogP contribution in [-0.4, -0.2) is 23.5 Å². The Kier molecular flexibility index (Phi) is 5.58. The molecule has 3 rings (SSSR count). The number of nitrogens with one attached hydrogen (secondary N) is 1. The van der Waals surface area contributed by atoms with Crippen molar-refractivity contribution in [3.05, 3.63) is 71.9 Å². The lowest BCUT2D eigenvalue weighted by Gasteiger charge is -2.13. The predicted molar refractivity (Wildman–Crippen MR) is 96.5 cm³/mol. The van der Waals surface area contributed by atoms with E-state index in [0.717, 1.165) is 17.5 Å². The van der Waals surface area contributed by atoms with E-state index >= 15 is 0 Å². The summed E-state index contributed by atoms with van der Waals surface area (Å²) in [4.78, 5) is 28.1. The van der Waals surface area contributed by atoms with Crippen molar-refractivity contribution < 1.29 is 27.5 Å². The lowest BCUT2D eigenvalue weighted by molar-refractivity contribution is -0.146. The molecule has 1 amide bonds. The number of carbonyl (C=O) groups is 2. The molecule has 0 saturated heterocycles. The second-order valence-corrected chi connectivity index (χ2v) is 5.92. The molecule has 1 aromatic heterocycles. The van der Waals surface area contributed by atoms with Gasteiger partial charge < -0.3 is 10.1 Å². The van der Waals surface area contributed by atoms with Crippen LogP contribution in [0.25, 0.3) is 10.9 Å². The molecular weight excluding hydrogens is 373 g/mol. The third kappa shape index (κ3) is 4.64. The number of para-hydroxylation sites is 2. The first kappa shape index (κ1) is 19.3. The minimum absolute atomic E-state index is 0.110. The minimum atomic E-state index is -4.61. The average molecular weight is 388 g/mol. The van der Waals surface area contributed by atoms with Gasteiger partial charge in [-0.3, -0.25) is 14.6 Å². The number of hydrogen-bond donors (Lipinski definition) is 1. The molecule has 8 heteroatoms. The Morgan fingerprint density at radius 2 is 1.75 bits per heavy atom. The first-order valence-corrected chi connectivity index (χ1v) is 8.29. The fourth-order valence-electron chi connectivity index (χ4n) is 2.69. The maximum absolute atomic E-state index is 12.9. The van der Waals surface area contributed by atoms with E-state index in [2.05, 4.69) is 10.3 Å². The lowest BCUT2D eigenvalue weighted by atomic mass is 10.1. The normalized spacial score (nSPS) is 11.2. The minimum Gasteiger partial charge on any atom is -0.455 e. The van der Waals surface area contributed by atoms with E-state index in [0.29, 0.717) is 11.1 Å².